The molecule has 0 saturated heterocycles. The molecular formula is C26H17Cl2N3O5. The molecule has 1 amide bonds. The van der Waals surface area contributed by atoms with Crippen molar-refractivity contribution in [3.05, 3.63) is 88.8 Å². The Labute approximate surface area is 214 Å². The van der Waals surface area contributed by atoms with Crippen LogP contribution in [0.2, 0.25) is 10.0 Å². The molecule has 0 aliphatic carbocycles. The SMILES string of the molecule is CC(OC(=O)c1ccc2nc(-c3ccco3)c(-c3ccco3)nc2c1)C(=O)Nc1cc(Cl)ccc1Cl. The second-order valence-corrected chi connectivity index (χ2v) is 8.58. The minimum absolute atomic E-state index is 0.202. The molecule has 0 aliphatic rings. The highest BCUT2D eigenvalue weighted by molar-refractivity contribution is 6.35. The van der Waals surface area contributed by atoms with E-state index in [-0.39, 0.29) is 5.56 Å². The fraction of sp³-hybridized carbons (Fsp3) is 0.0769. The number of furan rings is 2. The number of halogens is 2. The number of amides is 1. The van der Waals surface area contributed by atoms with Gasteiger partial charge >= 0.3 is 5.97 Å². The summed E-state index contributed by atoms with van der Waals surface area (Å²) in [6.45, 7) is 1.46. The number of aromatic nitrogens is 2. The van der Waals surface area contributed by atoms with Gasteiger partial charge in [0.2, 0.25) is 0 Å². The van der Waals surface area contributed by atoms with Crippen LogP contribution in [0.1, 0.15) is 17.3 Å². The van der Waals surface area contributed by atoms with Crippen LogP contribution in [0.25, 0.3) is 33.9 Å². The first-order valence-corrected chi connectivity index (χ1v) is 11.5. The molecule has 1 N–H and O–H groups in total. The summed E-state index contributed by atoms with van der Waals surface area (Å²) < 4.78 is 16.4. The molecule has 5 rings (SSSR count). The number of hydrogen-bond acceptors (Lipinski definition) is 7. The Kier molecular flexibility index (Phi) is 6.45. The lowest BCUT2D eigenvalue weighted by atomic mass is 10.1. The maximum atomic E-state index is 12.8. The minimum Gasteiger partial charge on any atom is -0.463 e. The summed E-state index contributed by atoms with van der Waals surface area (Å²) in [6.07, 6.45) is 1.97. The Bertz CT molecular complexity index is 1570. The van der Waals surface area contributed by atoms with Gasteiger partial charge in [0.25, 0.3) is 5.91 Å². The molecule has 0 fully saturated rings. The summed E-state index contributed by atoms with van der Waals surface area (Å²) in [5.74, 6) is -0.239. The first-order chi connectivity index (χ1) is 17.4. The summed E-state index contributed by atoms with van der Waals surface area (Å²) in [4.78, 5) is 34.7. The number of rotatable bonds is 6. The van der Waals surface area contributed by atoms with E-state index < -0.39 is 18.0 Å². The number of anilines is 1. The number of fused-ring (bicyclic) bond motifs is 1. The normalized spacial score (nSPS) is 11.9. The van der Waals surface area contributed by atoms with Gasteiger partial charge in [-0.25, -0.2) is 14.8 Å². The lowest BCUT2D eigenvalue weighted by molar-refractivity contribution is -0.123. The van der Waals surface area contributed by atoms with E-state index in [1.165, 1.54) is 19.3 Å². The van der Waals surface area contributed by atoms with Gasteiger partial charge in [-0.3, -0.25) is 4.79 Å². The Balaban J connectivity index is 1.40. The van der Waals surface area contributed by atoms with E-state index in [0.717, 1.165) is 0 Å². The molecular weight excluding hydrogens is 505 g/mol. The average Bonchev–Trinajstić information content (AvgIpc) is 3.60. The van der Waals surface area contributed by atoms with Gasteiger partial charge in [0, 0.05) is 5.02 Å². The summed E-state index contributed by atoms with van der Waals surface area (Å²) in [5, 5.41) is 3.32. The van der Waals surface area contributed by atoms with Gasteiger partial charge in [0.15, 0.2) is 17.6 Å². The van der Waals surface area contributed by atoms with Crippen LogP contribution in [0.5, 0.6) is 0 Å². The second-order valence-electron chi connectivity index (χ2n) is 7.74. The van der Waals surface area contributed by atoms with E-state index in [9.17, 15) is 9.59 Å². The van der Waals surface area contributed by atoms with Crippen LogP contribution in [-0.2, 0) is 9.53 Å². The largest absolute Gasteiger partial charge is 0.463 e. The third-order valence-electron chi connectivity index (χ3n) is 5.25. The molecule has 180 valence electrons. The summed E-state index contributed by atoms with van der Waals surface area (Å²) in [5.41, 5.74) is 2.45. The Morgan fingerprint density at radius 2 is 1.56 bits per heavy atom. The van der Waals surface area contributed by atoms with Crippen molar-refractivity contribution >= 4 is 51.8 Å². The molecule has 0 radical (unpaired) electrons. The topological polar surface area (TPSA) is 107 Å². The highest BCUT2D eigenvalue weighted by atomic mass is 35.5. The Hall–Kier alpha value is -4.14. The maximum absolute atomic E-state index is 12.8. The van der Waals surface area contributed by atoms with Crippen molar-refractivity contribution in [3.8, 4) is 22.9 Å². The third-order valence-corrected chi connectivity index (χ3v) is 5.81. The van der Waals surface area contributed by atoms with Crippen molar-refractivity contribution in [2.24, 2.45) is 0 Å². The molecule has 3 heterocycles. The average molecular weight is 522 g/mol. The maximum Gasteiger partial charge on any atom is 0.338 e. The van der Waals surface area contributed by atoms with Crippen molar-refractivity contribution in [2.75, 3.05) is 5.32 Å². The zero-order chi connectivity index (χ0) is 25.2. The molecule has 2 aromatic carbocycles. The zero-order valence-electron chi connectivity index (χ0n) is 18.7. The quantitative estimate of drug-likeness (QED) is 0.249. The fourth-order valence-electron chi connectivity index (χ4n) is 3.46. The van der Waals surface area contributed by atoms with Gasteiger partial charge in [-0.05, 0) is 67.6 Å². The van der Waals surface area contributed by atoms with Gasteiger partial charge in [0.05, 0.1) is 39.8 Å². The molecule has 0 spiro atoms. The smallest absolute Gasteiger partial charge is 0.338 e. The van der Waals surface area contributed by atoms with Crippen molar-refractivity contribution in [1.29, 1.82) is 0 Å². The number of nitrogens with zero attached hydrogens (tertiary/aromatic N) is 2. The highest BCUT2D eigenvalue weighted by Crippen LogP contribution is 2.32. The standard InChI is InChI=1S/C26H17Cl2N3O5/c1-14(25(32)31-19-13-16(27)7-8-17(19)28)36-26(33)15-6-9-18-20(12-15)30-24(22-5-3-11-35-22)23(29-18)21-4-2-10-34-21/h2-14H,1H3,(H,31,32). The van der Waals surface area contributed by atoms with Gasteiger partial charge in [-0.2, -0.15) is 0 Å². The van der Waals surface area contributed by atoms with Crippen molar-refractivity contribution in [1.82, 2.24) is 9.97 Å². The lowest BCUT2D eigenvalue weighted by Crippen LogP contribution is -2.30. The molecule has 0 saturated carbocycles. The number of nitrogens with one attached hydrogen (secondary N) is 1. The number of hydrogen-bond donors (Lipinski definition) is 1. The van der Waals surface area contributed by atoms with E-state index in [4.69, 9.17) is 36.8 Å². The molecule has 5 aromatic rings. The van der Waals surface area contributed by atoms with Gasteiger partial charge in [-0.15, -0.1) is 0 Å². The van der Waals surface area contributed by atoms with Crippen molar-refractivity contribution < 1.29 is 23.2 Å². The van der Waals surface area contributed by atoms with Gasteiger partial charge < -0.3 is 18.9 Å². The van der Waals surface area contributed by atoms with Crippen molar-refractivity contribution in [2.45, 2.75) is 13.0 Å². The monoisotopic (exact) mass is 521 g/mol. The summed E-state index contributed by atoms with van der Waals surface area (Å²) in [7, 11) is 0. The summed E-state index contributed by atoms with van der Waals surface area (Å²) in [6, 6.07) is 16.4. The number of carbonyl (C=O) groups excluding carboxylic acids is 2. The highest BCUT2D eigenvalue weighted by Gasteiger charge is 2.22. The van der Waals surface area contributed by atoms with Gasteiger partial charge in [-0.1, -0.05) is 23.2 Å². The molecule has 1 atom stereocenters. The molecule has 0 bridgehead atoms. The van der Waals surface area contributed by atoms with Crippen LogP contribution in [0.4, 0.5) is 5.69 Å². The van der Waals surface area contributed by atoms with Crippen LogP contribution < -0.4 is 5.32 Å². The molecule has 8 nitrogen and oxygen atoms in total. The summed E-state index contributed by atoms with van der Waals surface area (Å²) >= 11 is 12.0. The zero-order valence-corrected chi connectivity index (χ0v) is 20.2. The number of carbonyl (C=O) groups is 2. The first kappa shape index (κ1) is 23.6. The number of ether oxygens (including phenoxy) is 1. The molecule has 3 aromatic heterocycles. The number of benzene rings is 2. The van der Waals surface area contributed by atoms with Crippen LogP contribution in [0, 0.1) is 0 Å². The number of esters is 1. The van der Waals surface area contributed by atoms with E-state index in [2.05, 4.69) is 15.3 Å². The van der Waals surface area contributed by atoms with Crippen LogP contribution in [0.3, 0.4) is 0 Å². The van der Waals surface area contributed by atoms with Crippen LogP contribution in [-0.4, -0.2) is 27.9 Å². The molecule has 10 heteroatoms. The van der Waals surface area contributed by atoms with Crippen molar-refractivity contribution in [3.63, 3.8) is 0 Å². The molecule has 0 aliphatic heterocycles. The molecule has 36 heavy (non-hydrogen) atoms. The first-order valence-electron chi connectivity index (χ1n) is 10.8. The predicted octanol–water partition coefficient (Wildman–Crippen LogP) is 6.64. The van der Waals surface area contributed by atoms with Gasteiger partial charge in [0.1, 0.15) is 11.4 Å². The Morgan fingerprint density at radius 1 is 0.889 bits per heavy atom. The van der Waals surface area contributed by atoms with Crippen LogP contribution >= 0.6 is 23.2 Å². The van der Waals surface area contributed by atoms with E-state index in [0.29, 0.717) is 49.7 Å². The Morgan fingerprint density at radius 3 is 2.19 bits per heavy atom. The van der Waals surface area contributed by atoms with Crippen LogP contribution in [0.15, 0.2) is 82.0 Å². The fourth-order valence-corrected chi connectivity index (χ4v) is 3.80. The lowest BCUT2D eigenvalue weighted by Gasteiger charge is -2.15. The van der Waals surface area contributed by atoms with E-state index >= 15 is 0 Å². The van der Waals surface area contributed by atoms with E-state index in [1.54, 1.807) is 60.9 Å². The predicted molar refractivity (Wildman–Crippen MR) is 135 cm³/mol. The third kappa shape index (κ3) is 4.82. The second kappa shape index (κ2) is 9.85. The minimum atomic E-state index is -1.10. The molecule has 1 unspecified atom stereocenters. The van der Waals surface area contributed by atoms with E-state index in [1.807, 2.05) is 0 Å².